The molecular weight excluding hydrogens is 324 g/mol. The van der Waals surface area contributed by atoms with Gasteiger partial charge in [-0.3, -0.25) is 0 Å². The lowest BCUT2D eigenvalue weighted by Crippen LogP contribution is -2.39. The zero-order valence-corrected chi connectivity index (χ0v) is 16.4. The molecule has 142 valence electrons. The van der Waals surface area contributed by atoms with Gasteiger partial charge in [-0.1, -0.05) is 27.2 Å². The number of hydrogen-bond donors (Lipinski definition) is 1. The number of nitrogens with zero attached hydrogens (tertiary/aromatic N) is 5. The highest BCUT2D eigenvalue weighted by Crippen LogP contribution is 2.32. The van der Waals surface area contributed by atoms with Gasteiger partial charge in [-0.25, -0.2) is 14.6 Å². The van der Waals surface area contributed by atoms with Crippen molar-refractivity contribution in [1.29, 1.82) is 0 Å². The molecule has 5 rings (SSSR count). The van der Waals surface area contributed by atoms with Crippen molar-refractivity contribution in [2.45, 2.75) is 65.5 Å². The van der Waals surface area contributed by atoms with E-state index in [4.69, 9.17) is 10.1 Å². The number of anilines is 1. The molecule has 2 atom stereocenters. The lowest BCUT2D eigenvalue weighted by molar-refractivity contribution is 0.360. The molecule has 0 aromatic carbocycles. The Bertz CT molecular complexity index is 730. The Labute approximate surface area is 156 Å². The smallest absolute Gasteiger partial charge is 0.163 e. The van der Waals surface area contributed by atoms with Crippen molar-refractivity contribution < 1.29 is 0 Å². The molecule has 0 aliphatic carbocycles. The monoisotopic (exact) mass is 356 g/mol. The number of aromatic nitrogens is 4. The van der Waals surface area contributed by atoms with Crippen LogP contribution in [-0.4, -0.2) is 45.4 Å². The molecule has 1 N–H and O–H groups in total. The van der Waals surface area contributed by atoms with Crippen molar-refractivity contribution in [3.05, 3.63) is 12.0 Å². The van der Waals surface area contributed by atoms with Gasteiger partial charge in [-0.2, -0.15) is 5.10 Å². The Morgan fingerprint density at radius 2 is 2.12 bits per heavy atom. The van der Waals surface area contributed by atoms with Crippen molar-refractivity contribution in [3.63, 3.8) is 0 Å². The number of piperidine rings is 1. The fourth-order valence-corrected chi connectivity index (χ4v) is 4.41. The number of hydrogen-bond acceptors (Lipinski definition) is 5. The van der Waals surface area contributed by atoms with E-state index >= 15 is 0 Å². The van der Waals surface area contributed by atoms with Gasteiger partial charge in [0.2, 0.25) is 0 Å². The molecule has 0 radical (unpaired) electrons. The summed E-state index contributed by atoms with van der Waals surface area (Å²) in [6.07, 6.45) is 7.63. The SMILES string of the molecule is CCCCn1nc(CC(C)C)c2c(N3C[C@H]4CC[C@@H](C3)NC4)ncnc21. The highest BCUT2D eigenvalue weighted by atomic mass is 15.3. The summed E-state index contributed by atoms with van der Waals surface area (Å²) >= 11 is 0. The lowest BCUT2D eigenvalue weighted by atomic mass is 9.97. The largest absolute Gasteiger partial charge is 0.354 e. The molecule has 3 aliphatic heterocycles. The molecule has 5 heterocycles. The fourth-order valence-electron chi connectivity index (χ4n) is 4.41. The zero-order chi connectivity index (χ0) is 18.1. The van der Waals surface area contributed by atoms with E-state index in [1.165, 1.54) is 30.3 Å². The Kier molecular flexibility index (Phi) is 5.11. The summed E-state index contributed by atoms with van der Waals surface area (Å²) in [7, 11) is 0. The molecule has 2 aromatic rings. The first kappa shape index (κ1) is 17.7. The Balaban J connectivity index is 1.77. The topological polar surface area (TPSA) is 58.9 Å². The molecule has 2 aromatic heterocycles. The number of rotatable bonds is 6. The first-order chi connectivity index (χ1) is 12.7. The van der Waals surface area contributed by atoms with E-state index in [9.17, 15) is 0 Å². The maximum Gasteiger partial charge on any atom is 0.163 e. The summed E-state index contributed by atoms with van der Waals surface area (Å²) in [6.45, 7) is 11.0. The van der Waals surface area contributed by atoms with Gasteiger partial charge in [-0.05, 0) is 44.1 Å². The van der Waals surface area contributed by atoms with Crippen molar-refractivity contribution in [1.82, 2.24) is 25.1 Å². The van der Waals surface area contributed by atoms with Crippen LogP contribution in [0.3, 0.4) is 0 Å². The summed E-state index contributed by atoms with van der Waals surface area (Å²) in [6, 6.07) is 0.586. The maximum absolute atomic E-state index is 4.97. The molecule has 3 saturated heterocycles. The van der Waals surface area contributed by atoms with E-state index in [2.05, 4.69) is 40.7 Å². The van der Waals surface area contributed by atoms with Crippen LogP contribution in [0, 0.1) is 11.8 Å². The van der Waals surface area contributed by atoms with E-state index in [0.717, 1.165) is 56.4 Å². The van der Waals surface area contributed by atoms with Crippen LogP contribution in [0.4, 0.5) is 5.82 Å². The van der Waals surface area contributed by atoms with Crippen LogP contribution < -0.4 is 10.2 Å². The Morgan fingerprint density at radius 3 is 2.85 bits per heavy atom. The van der Waals surface area contributed by atoms with Gasteiger partial charge in [0.15, 0.2) is 5.65 Å². The second-order valence-electron chi connectivity index (χ2n) is 8.47. The van der Waals surface area contributed by atoms with Gasteiger partial charge in [0.25, 0.3) is 0 Å². The molecule has 6 heteroatoms. The maximum atomic E-state index is 4.97. The van der Waals surface area contributed by atoms with Crippen LogP contribution in [0.25, 0.3) is 11.0 Å². The molecule has 2 bridgehead atoms. The standard InChI is InChI=1S/C20H32N6/c1-4-5-8-26-20-18(17(24-26)9-14(2)3)19(22-13-23-20)25-11-15-6-7-16(12-25)21-10-15/h13-16,21H,4-12H2,1-3H3/t15-,16-/m0/s1. The Hall–Kier alpha value is -1.69. The van der Waals surface area contributed by atoms with Gasteiger partial charge < -0.3 is 10.2 Å². The van der Waals surface area contributed by atoms with Crippen LogP contribution in [0.5, 0.6) is 0 Å². The second kappa shape index (κ2) is 7.51. The van der Waals surface area contributed by atoms with Crippen molar-refractivity contribution in [2.75, 3.05) is 24.5 Å². The summed E-state index contributed by atoms with van der Waals surface area (Å²) in [5.41, 5.74) is 2.19. The van der Waals surface area contributed by atoms with E-state index in [1.54, 1.807) is 6.33 Å². The van der Waals surface area contributed by atoms with E-state index in [1.807, 2.05) is 0 Å². The number of nitrogens with one attached hydrogen (secondary N) is 1. The number of unbranched alkanes of at least 4 members (excludes halogenated alkanes) is 1. The minimum Gasteiger partial charge on any atom is -0.354 e. The summed E-state index contributed by atoms with van der Waals surface area (Å²) < 4.78 is 2.12. The van der Waals surface area contributed by atoms with E-state index in [-0.39, 0.29) is 0 Å². The Morgan fingerprint density at radius 1 is 1.23 bits per heavy atom. The predicted octanol–water partition coefficient (Wildman–Crippen LogP) is 3.01. The lowest BCUT2D eigenvalue weighted by Gasteiger charge is -2.24. The molecule has 0 saturated carbocycles. The first-order valence-corrected chi connectivity index (χ1v) is 10.3. The van der Waals surface area contributed by atoms with Crippen LogP contribution in [0.1, 0.15) is 52.1 Å². The quantitative estimate of drug-likeness (QED) is 0.862. The van der Waals surface area contributed by atoms with Gasteiger partial charge in [0.1, 0.15) is 12.1 Å². The predicted molar refractivity (Wildman–Crippen MR) is 106 cm³/mol. The minimum absolute atomic E-state index is 0.572. The third kappa shape index (κ3) is 3.43. The molecule has 0 unspecified atom stereocenters. The summed E-state index contributed by atoms with van der Waals surface area (Å²) in [5.74, 6) is 2.40. The normalized spacial score (nSPS) is 23.2. The van der Waals surface area contributed by atoms with Crippen LogP contribution >= 0.6 is 0 Å². The molecule has 3 fully saturated rings. The van der Waals surface area contributed by atoms with Gasteiger partial charge in [0, 0.05) is 25.7 Å². The van der Waals surface area contributed by atoms with Crippen LogP contribution in [0.2, 0.25) is 0 Å². The summed E-state index contributed by atoms with van der Waals surface area (Å²) in [4.78, 5) is 11.9. The molecule has 0 spiro atoms. The van der Waals surface area contributed by atoms with Gasteiger partial charge in [-0.15, -0.1) is 0 Å². The van der Waals surface area contributed by atoms with Crippen LogP contribution in [0.15, 0.2) is 6.33 Å². The first-order valence-electron chi connectivity index (χ1n) is 10.3. The molecule has 3 aliphatic rings. The second-order valence-corrected chi connectivity index (χ2v) is 8.47. The van der Waals surface area contributed by atoms with Gasteiger partial charge in [0.05, 0.1) is 11.1 Å². The molecule has 0 amide bonds. The average molecular weight is 357 g/mol. The minimum atomic E-state index is 0.572. The third-order valence-corrected chi connectivity index (χ3v) is 5.74. The van der Waals surface area contributed by atoms with Crippen LogP contribution in [-0.2, 0) is 13.0 Å². The molecule has 6 nitrogen and oxygen atoms in total. The molecule has 26 heavy (non-hydrogen) atoms. The average Bonchev–Trinajstić information content (AvgIpc) is 2.79. The van der Waals surface area contributed by atoms with E-state index in [0.29, 0.717) is 12.0 Å². The number of fused-ring (bicyclic) bond motifs is 5. The fraction of sp³-hybridized carbons (Fsp3) is 0.750. The van der Waals surface area contributed by atoms with Crippen molar-refractivity contribution >= 4 is 16.9 Å². The third-order valence-electron chi connectivity index (χ3n) is 5.74. The van der Waals surface area contributed by atoms with E-state index < -0.39 is 0 Å². The van der Waals surface area contributed by atoms with Gasteiger partial charge >= 0.3 is 0 Å². The molecular formula is C20H32N6. The zero-order valence-electron chi connectivity index (χ0n) is 16.4. The summed E-state index contributed by atoms with van der Waals surface area (Å²) in [5, 5.41) is 9.87. The highest BCUT2D eigenvalue weighted by molar-refractivity contribution is 5.90. The van der Waals surface area contributed by atoms with Crippen molar-refractivity contribution in [3.8, 4) is 0 Å². The highest BCUT2D eigenvalue weighted by Gasteiger charge is 2.31. The van der Waals surface area contributed by atoms with Crippen molar-refractivity contribution in [2.24, 2.45) is 11.8 Å². The number of aryl methyl sites for hydroxylation is 1.